The monoisotopic (exact) mass is 453 g/mol. The highest BCUT2D eigenvalue weighted by Crippen LogP contribution is 2.58. The van der Waals surface area contributed by atoms with E-state index in [1.165, 1.54) is 13.8 Å². The Morgan fingerprint density at radius 2 is 1.81 bits per heavy atom. The quantitative estimate of drug-likeness (QED) is 0.487. The molecule has 9 nitrogen and oxygen atoms in total. The number of fused-ring (bicyclic) bond motifs is 2. The van der Waals surface area contributed by atoms with Crippen molar-refractivity contribution >= 4 is 17.9 Å². The van der Waals surface area contributed by atoms with Gasteiger partial charge in [-0.1, -0.05) is 13.8 Å². The van der Waals surface area contributed by atoms with Crippen molar-refractivity contribution in [2.45, 2.75) is 65.0 Å². The van der Waals surface area contributed by atoms with E-state index in [1.807, 2.05) is 13.8 Å². The van der Waals surface area contributed by atoms with Crippen molar-refractivity contribution in [3.8, 4) is 0 Å². The number of rotatable bonds is 4. The Morgan fingerprint density at radius 1 is 1.16 bits per heavy atom. The van der Waals surface area contributed by atoms with Crippen LogP contribution in [0.1, 0.15) is 40.5 Å². The van der Waals surface area contributed by atoms with E-state index in [4.69, 9.17) is 18.9 Å². The van der Waals surface area contributed by atoms with Gasteiger partial charge in [0.15, 0.2) is 0 Å². The Morgan fingerprint density at radius 3 is 2.44 bits per heavy atom. The normalized spacial score (nSPS) is 44.2. The van der Waals surface area contributed by atoms with Crippen LogP contribution in [-0.2, 0) is 33.3 Å². The molecule has 4 aliphatic rings. The van der Waals surface area contributed by atoms with Crippen LogP contribution in [-0.4, -0.2) is 85.2 Å². The van der Waals surface area contributed by atoms with Gasteiger partial charge in [0.2, 0.25) is 0 Å². The van der Waals surface area contributed by atoms with Crippen LogP contribution in [0.3, 0.4) is 0 Å². The predicted molar refractivity (Wildman–Crippen MR) is 111 cm³/mol. The second kappa shape index (κ2) is 8.91. The third-order valence-corrected chi connectivity index (χ3v) is 8.13. The van der Waals surface area contributed by atoms with E-state index in [0.717, 1.165) is 13.1 Å². The molecule has 0 aromatic carbocycles. The van der Waals surface area contributed by atoms with Gasteiger partial charge in [-0.3, -0.25) is 19.3 Å². The zero-order chi connectivity index (χ0) is 23.2. The van der Waals surface area contributed by atoms with Gasteiger partial charge in [-0.15, -0.1) is 0 Å². The standard InChI is InChI=1S/C23H35NO8/c1-12-9-16-19(15(22(28)32-16)11-24-5-7-29-8-6-24)21(27)23(4)18(31-14(3)26)10-17(20(12)23)30-13(2)25/h12,15-21,27H,5-11H2,1-4H3/t12?,15?,16-,17-,18-,19+,20?,21-,23+/m0/s1. The van der Waals surface area contributed by atoms with E-state index in [2.05, 4.69) is 4.90 Å². The highest BCUT2D eigenvalue weighted by atomic mass is 16.6. The van der Waals surface area contributed by atoms with E-state index in [1.54, 1.807) is 0 Å². The molecule has 180 valence electrons. The van der Waals surface area contributed by atoms with Gasteiger partial charge in [0.25, 0.3) is 0 Å². The molecule has 1 N–H and O–H groups in total. The fourth-order valence-corrected chi connectivity index (χ4v) is 6.85. The zero-order valence-corrected chi connectivity index (χ0v) is 19.3. The molecule has 0 radical (unpaired) electrons. The lowest BCUT2D eigenvalue weighted by atomic mass is 9.66. The SMILES string of the molecule is CC(=O)O[C@H]1C[C@H](OC(C)=O)[C@]2(C)C1C(C)C[C@@H]1OC(=O)C(CN3CCOCC3)[C@H]1[C@@H]2O. The Kier molecular flexibility index (Phi) is 6.53. The Labute approximate surface area is 188 Å². The molecule has 2 aliphatic carbocycles. The van der Waals surface area contributed by atoms with Crippen LogP contribution in [0.4, 0.5) is 0 Å². The molecule has 9 heteroatoms. The van der Waals surface area contributed by atoms with Crippen molar-refractivity contribution in [1.82, 2.24) is 4.90 Å². The molecule has 2 aliphatic heterocycles. The summed E-state index contributed by atoms with van der Waals surface area (Å²) in [5.41, 5.74) is -0.873. The van der Waals surface area contributed by atoms with Crippen molar-refractivity contribution in [3.63, 3.8) is 0 Å². The van der Waals surface area contributed by atoms with Gasteiger partial charge in [0, 0.05) is 57.2 Å². The van der Waals surface area contributed by atoms with Gasteiger partial charge in [0.1, 0.15) is 18.3 Å². The molecule has 0 bridgehead atoms. The number of hydrogen-bond acceptors (Lipinski definition) is 9. The molecule has 0 aromatic heterocycles. The first kappa shape index (κ1) is 23.4. The average molecular weight is 454 g/mol. The number of hydrogen-bond donors (Lipinski definition) is 1. The van der Waals surface area contributed by atoms with Crippen LogP contribution in [0, 0.1) is 29.1 Å². The van der Waals surface area contributed by atoms with Gasteiger partial charge in [-0.25, -0.2) is 0 Å². The Hall–Kier alpha value is -1.71. The van der Waals surface area contributed by atoms with Gasteiger partial charge in [-0.05, 0) is 12.3 Å². The van der Waals surface area contributed by atoms with Gasteiger partial charge < -0.3 is 24.1 Å². The zero-order valence-electron chi connectivity index (χ0n) is 19.3. The van der Waals surface area contributed by atoms with E-state index in [0.29, 0.717) is 32.6 Å². The minimum atomic E-state index is -0.954. The summed E-state index contributed by atoms with van der Waals surface area (Å²) in [6.45, 7) is 9.86. The van der Waals surface area contributed by atoms with Crippen LogP contribution >= 0.6 is 0 Å². The van der Waals surface area contributed by atoms with Crippen molar-refractivity contribution in [3.05, 3.63) is 0 Å². The first-order chi connectivity index (χ1) is 15.1. The van der Waals surface area contributed by atoms with Crippen molar-refractivity contribution < 1.29 is 38.4 Å². The topological polar surface area (TPSA) is 112 Å². The maximum Gasteiger partial charge on any atom is 0.311 e. The number of aliphatic hydroxyl groups excluding tert-OH is 1. The molecule has 4 fully saturated rings. The van der Waals surface area contributed by atoms with Crippen LogP contribution in [0.15, 0.2) is 0 Å². The van der Waals surface area contributed by atoms with E-state index in [9.17, 15) is 19.5 Å². The molecule has 0 aromatic rings. The highest BCUT2D eigenvalue weighted by molar-refractivity contribution is 5.76. The smallest absolute Gasteiger partial charge is 0.311 e. The number of ether oxygens (including phenoxy) is 4. The number of morpholine rings is 1. The third kappa shape index (κ3) is 4.03. The summed E-state index contributed by atoms with van der Waals surface area (Å²) in [6, 6.07) is 0. The van der Waals surface area contributed by atoms with Gasteiger partial charge in [-0.2, -0.15) is 0 Å². The lowest BCUT2D eigenvalue weighted by molar-refractivity contribution is -0.165. The molecule has 0 spiro atoms. The number of nitrogens with zero attached hydrogens (tertiary/aromatic N) is 1. The van der Waals surface area contributed by atoms with E-state index < -0.39 is 53.6 Å². The molecule has 4 rings (SSSR count). The molecule has 2 saturated carbocycles. The summed E-state index contributed by atoms with van der Waals surface area (Å²) in [6.07, 6.45) is -1.56. The summed E-state index contributed by atoms with van der Waals surface area (Å²) >= 11 is 0. The van der Waals surface area contributed by atoms with Crippen LogP contribution < -0.4 is 0 Å². The summed E-state index contributed by atoms with van der Waals surface area (Å²) in [5.74, 6) is -2.24. The molecular weight excluding hydrogens is 418 g/mol. The number of aliphatic hydroxyl groups is 1. The fraction of sp³-hybridized carbons (Fsp3) is 0.870. The molecule has 0 amide bonds. The first-order valence-corrected chi connectivity index (χ1v) is 11.7. The molecule has 3 unspecified atom stereocenters. The maximum atomic E-state index is 12.9. The summed E-state index contributed by atoms with van der Waals surface area (Å²) in [7, 11) is 0. The number of carbonyl (C=O) groups excluding carboxylic acids is 3. The van der Waals surface area contributed by atoms with Gasteiger partial charge >= 0.3 is 17.9 Å². The van der Waals surface area contributed by atoms with Crippen molar-refractivity contribution in [2.75, 3.05) is 32.8 Å². The Balaban J connectivity index is 1.68. The Bertz CT molecular complexity index is 752. The second-order valence-electron chi connectivity index (χ2n) is 10.1. The minimum absolute atomic E-state index is 0.00973. The summed E-state index contributed by atoms with van der Waals surface area (Å²) in [5, 5.41) is 11.9. The van der Waals surface area contributed by atoms with Crippen molar-refractivity contribution in [1.29, 1.82) is 0 Å². The maximum absolute atomic E-state index is 12.9. The van der Waals surface area contributed by atoms with Crippen molar-refractivity contribution in [2.24, 2.45) is 29.1 Å². The summed E-state index contributed by atoms with van der Waals surface area (Å²) in [4.78, 5) is 38.8. The molecule has 2 heterocycles. The minimum Gasteiger partial charge on any atom is -0.462 e. The lowest BCUT2D eigenvalue weighted by Gasteiger charge is -2.43. The number of esters is 3. The predicted octanol–water partition coefficient (Wildman–Crippen LogP) is 0.767. The molecule has 9 atom stereocenters. The molecule has 2 saturated heterocycles. The molecular formula is C23H35NO8. The number of carbonyl (C=O) groups is 3. The molecule has 32 heavy (non-hydrogen) atoms. The van der Waals surface area contributed by atoms with Crippen LogP contribution in [0.2, 0.25) is 0 Å². The first-order valence-electron chi connectivity index (χ1n) is 11.7. The van der Waals surface area contributed by atoms with Crippen LogP contribution in [0.5, 0.6) is 0 Å². The van der Waals surface area contributed by atoms with Gasteiger partial charge in [0.05, 0.1) is 25.2 Å². The fourth-order valence-electron chi connectivity index (χ4n) is 6.85. The summed E-state index contributed by atoms with van der Waals surface area (Å²) < 4.78 is 22.6. The van der Waals surface area contributed by atoms with E-state index >= 15 is 0 Å². The third-order valence-electron chi connectivity index (χ3n) is 8.13. The lowest BCUT2D eigenvalue weighted by Crippen LogP contribution is -2.53. The van der Waals surface area contributed by atoms with Crippen LogP contribution in [0.25, 0.3) is 0 Å². The largest absolute Gasteiger partial charge is 0.462 e. The second-order valence-corrected chi connectivity index (χ2v) is 10.1. The highest BCUT2D eigenvalue weighted by Gasteiger charge is 2.67. The average Bonchev–Trinajstić information content (AvgIpc) is 3.12. The van der Waals surface area contributed by atoms with E-state index in [-0.39, 0.29) is 17.8 Å².